The molecule has 0 unspecified atom stereocenters. The minimum absolute atomic E-state index is 0.0814. The second-order valence-corrected chi connectivity index (χ2v) is 10.5. The quantitative estimate of drug-likeness (QED) is 0.211. The van der Waals surface area contributed by atoms with Gasteiger partial charge in [0.25, 0.3) is 11.1 Å². The number of hydrogen-bond donors (Lipinski definition) is 1. The first-order chi connectivity index (χ1) is 19.3. The molecule has 3 amide bonds. The van der Waals surface area contributed by atoms with E-state index in [1.54, 1.807) is 6.08 Å². The Morgan fingerprint density at radius 3 is 2.50 bits per heavy atom. The van der Waals surface area contributed by atoms with E-state index in [0.717, 1.165) is 44.4 Å². The molecule has 0 spiro atoms. The highest BCUT2D eigenvalue weighted by atomic mass is 35.5. The molecule has 0 radical (unpaired) electrons. The number of halogens is 1. The summed E-state index contributed by atoms with van der Waals surface area (Å²) in [6.07, 6.45) is 1.73. The lowest BCUT2D eigenvalue weighted by atomic mass is 10.1. The summed E-state index contributed by atoms with van der Waals surface area (Å²) in [5.41, 5.74) is 4.32. The average Bonchev–Trinajstić information content (AvgIpc) is 3.37. The van der Waals surface area contributed by atoms with Crippen molar-refractivity contribution in [1.29, 1.82) is 0 Å². The van der Waals surface area contributed by atoms with E-state index in [4.69, 9.17) is 16.3 Å². The second-order valence-electron chi connectivity index (χ2n) is 9.09. The number of esters is 1. The van der Waals surface area contributed by atoms with Crippen LogP contribution in [0.25, 0.3) is 17.0 Å². The lowest BCUT2D eigenvalue weighted by Gasteiger charge is -2.13. The maximum atomic E-state index is 13.2. The van der Waals surface area contributed by atoms with Crippen molar-refractivity contribution in [2.24, 2.45) is 0 Å². The van der Waals surface area contributed by atoms with Crippen LogP contribution >= 0.6 is 23.4 Å². The van der Waals surface area contributed by atoms with Gasteiger partial charge in [0.05, 0.1) is 22.6 Å². The first kappa shape index (κ1) is 27.2. The van der Waals surface area contributed by atoms with Crippen LogP contribution in [0.5, 0.6) is 0 Å². The highest BCUT2D eigenvalue weighted by Crippen LogP contribution is 2.36. The number of fused-ring (bicyclic) bond motifs is 1. The Morgan fingerprint density at radius 2 is 1.75 bits per heavy atom. The van der Waals surface area contributed by atoms with E-state index in [0.29, 0.717) is 6.54 Å². The summed E-state index contributed by atoms with van der Waals surface area (Å²) in [7, 11) is 1.22. The number of anilines is 1. The van der Waals surface area contributed by atoms with Gasteiger partial charge in [-0.3, -0.25) is 19.3 Å². The number of imide groups is 1. The lowest BCUT2D eigenvalue weighted by Crippen LogP contribution is -2.36. The summed E-state index contributed by atoms with van der Waals surface area (Å²) in [6, 6.07) is 22.3. The first-order valence-corrected chi connectivity index (χ1v) is 13.5. The van der Waals surface area contributed by atoms with Crippen molar-refractivity contribution in [2.75, 3.05) is 19.0 Å². The molecule has 0 saturated carbocycles. The first-order valence-electron chi connectivity index (χ1n) is 12.3. The minimum atomic E-state index is -0.655. The van der Waals surface area contributed by atoms with Crippen LogP contribution < -0.4 is 5.32 Å². The Hall–Kier alpha value is -4.34. The van der Waals surface area contributed by atoms with E-state index >= 15 is 0 Å². The van der Waals surface area contributed by atoms with Crippen LogP contribution in [0.2, 0.25) is 5.02 Å². The number of methoxy groups -OCH3 is 1. The number of thioether (sulfide) groups is 1. The van der Waals surface area contributed by atoms with Gasteiger partial charge in [0.1, 0.15) is 6.54 Å². The molecule has 0 bridgehead atoms. The van der Waals surface area contributed by atoms with Gasteiger partial charge in [0.15, 0.2) is 0 Å². The molecule has 1 aliphatic heterocycles. The Bertz CT molecular complexity index is 1700. The summed E-state index contributed by atoms with van der Waals surface area (Å²) in [4.78, 5) is 51.8. The van der Waals surface area contributed by atoms with Gasteiger partial charge in [-0.1, -0.05) is 60.1 Å². The molecule has 3 aromatic carbocycles. The topological polar surface area (TPSA) is 97.7 Å². The number of carbonyl (C=O) groups is 4. The molecule has 10 heteroatoms. The largest absolute Gasteiger partial charge is 0.465 e. The molecule has 40 heavy (non-hydrogen) atoms. The van der Waals surface area contributed by atoms with Crippen LogP contribution in [0.1, 0.15) is 27.2 Å². The number of hydrogen-bond acceptors (Lipinski definition) is 6. The van der Waals surface area contributed by atoms with Crippen LogP contribution in [-0.2, 0) is 20.9 Å². The zero-order chi connectivity index (χ0) is 28.4. The van der Waals surface area contributed by atoms with Gasteiger partial charge in [-0.15, -0.1) is 0 Å². The van der Waals surface area contributed by atoms with Crippen molar-refractivity contribution in [1.82, 2.24) is 9.47 Å². The molecule has 202 valence electrons. The Balaban J connectivity index is 1.37. The van der Waals surface area contributed by atoms with Crippen molar-refractivity contribution in [3.8, 4) is 0 Å². The third-order valence-corrected chi connectivity index (χ3v) is 7.81. The van der Waals surface area contributed by atoms with Gasteiger partial charge in [0, 0.05) is 34.4 Å². The van der Waals surface area contributed by atoms with E-state index in [2.05, 4.69) is 22.0 Å². The number of nitrogens with zero attached hydrogens (tertiary/aromatic N) is 2. The van der Waals surface area contributed by atoms with Crippen molar-refractivity contribution in [2.45, 2.75) is 13.5 Å². The van der Waals surface area contributed by atoms with E-state index in [1.165, 1.54) is 25.3 Å². The van der Waals surface area contributed by atoms with Crippen LogP contribution in [0.4, 0.5) is 10.5 Å². The van der Waals surface area contributed by atoms with E-state index in [-0.39, 0.29) is 21.2 Å². The van der Waals surface area contributed by atoms with E-state index < -0.39 is 29.6 Å². The standard InChI is InChI=1S/C30H24ClN3O5S/c1-18-22(21-10-6-7-11-25(21)33(18)16-19-8-4-3-5-9-19)15-26-28(36)34(30(38)40-26)17-27(35)32-20-12-13-24(31)23(14-20)29(37)39-2/h3-15H,16-17H2,1-2H3,(H,32,35)/b26-15-. The van der Waals surface area contributed by atoms with Gasteiger partial charge in [-0.25, -0.2) is 4.79 Å². The Labute approximate surface area is 239 Å². The van der Waals surface area contributed by atoms with Gasteiger partial charge >= 0.3 is 5.97 Å². The fraction of sp³-hybridized carbons (Fsp3) is 0.133. The zero-order valence-corrected chi connectivity index (χ0v) is 23.2. The summed E-state index contributed by atoms with van der Waals surface area (Å²) >= 11 is 6.83. The molecular formula is C30H24ClN3O5S. The number of ether oxygens (including phenoxy) is 1. The Kier molecular flexibility index (Phi) is 7.77. The molecule has 1 fully saturated rings. The molecule has 1 aliphatic rings. The summed E-state index contributed by atoms with van der Waals surface area (Å²) < 4.78 is 6.88. The molecule has 1 aromatic heterocycles. The maximum absolute atomic E-state index is 13.2. The number of carbonyl (C=O) groups excluding carboxylic acids is 4. The summed E-state index contributed by atoms with van der Waals surface area (Å²) in [5, 5.41) is 3.19. The van der Waals surface area contributed by atoms with Gasteiger partial charge in [0.2, 0.25) is 5.91 Å². The maximum Gasteiger partial charge on any atom is 0.339 e. The van der Waals surface area contributed by atoms with E-state index in [1.807, 2.05) is 49.4 Å². The van der Waals surface area contributed by atoms with Gasteiger partial charge in [-0.2, -0.15) is 0 Å². The molecule has 1 saturated heterocycles. The molecule has 0 atom stereocenters. The number of aromatic nitrogens is 1. The van der Waals surface area contributed by atoms with E-state index in [9.17, 15) is 19.2 Å². The molecule has 8 nitrogen and oxygen atoms in total. The Morgan fingerprint density at radius 1 is 1.02 bits per heavy atom. The van der Waals surface area contributed by atoms with Crippen LogP contribution in [-0.4, -0.2) is 46.1 Å². The molecule has 2 heterocycles. The van der Waals surface area contributed by atoms with Gasteiger partial charge in [-0.05, 0) is 54.6 Å². The fourth-order valence-corrected chi connectivity index (χ4v) is 5.61. The van der Waals surface area contributed by atoms with Gasteiger partial charge < -0.3 is 14.6 Å². The molecule has 0 aliphatic carbocycles. The zero-order valence-electron chi connectivity index (χ0n) is 21.6. The second kappa shape index (κ2) is 11.4. The third kappa shape index (κ3) is 5.38. The summed E-state index contributed by atoms with van der Waals surface area (Å²) in [6.45, 7) is 2.17. The predicted molar refractivity (Wildman–Crippen MR) is 156 cm³/mol. The number of rotatable bonds is 7. The molecule has 5 rings (SSSR count). The molecular weight excluding hydrogens is 550 g/mol. The van der Waals surface area contributed by atoms with Crippen molar-refractivity contribution in [3.63, 3.8) is 0 Å². The van der Waals surface area contributed by atoms with Crippen molar-refractivity contribution in [3.05, 3.63) is 105 Å². The highest BCUT2D eigenvalue weighted by Gasteiger charge is 2.36. The van der Waals surface area contributed by atoms with Crippen LogP contribution in [0.15, 0.2) is 77.7 Å². The van der Waals surface area contributed by atoms with Crippen LogP contribution in [0.3, 0.4) is 0 Å². The predicted octanol–water partition coefficient (Wildman–Crippen LogP) is 6.11. The average molecular weight is 574 g/mol. The molecule has 1 N–H and O–H groups in total. The highest BCUT2D eigenvalue weighted by molar-refractivity contribution is 8.18. The van der Waals surface area contributed by atoms with Crippen molar-refractivity contribution >= 4 is 69.1 Å². The number of benzene rings is 3. The number of nitrogens with one attached hydrogen (secondary N) is 1. The van der Waals surface area contributed by atoms with Crippen molar-refractivity contribution < 1.29 is 23.9 Å². The number of para-hydroxylation sites is 1. The molecule has 4 aromatic rings. The lowest BCUT2D eigenvalue weighted by molar-refractivity contribution is -0.127. The third-order valence-electron chi connectivity index (χ3n) is 6.57. The normalized spacial score (nSPS) is 14.3. The SMILES string of the molecule is COC(=O)c1cc(NC(=O)CN2C(=O)S/C(=C\c3c(C)n(Cc4ccccc4)c4ccccc34)C2=O)ccc1Cl. The summed E-state index contributed by atoms with van der Waals surface area (Å²) in [5.74, 6) is -1.80. The van der Waals surface area contributed by atoms with Crippen LogP contribution in [0, 0.1) is 6.92 Å². The number of amides is 3. The smallest absolute Gasteiger partial charge is 0.339 e. The fourth-order valence-electron chi connectivity index (χ4n) is 4.59. The minimum Gasteiger partial charge on any atom is -0.465 e. The monoisotopic (exact) mass is 573 g/mol.